The Labute approximate surface area is 183 Å². The van der Waals surface area contributed by atoms with Crippen molar-refractivity contribution >= 4 is 17.8 Å². The molecular weight excluding hydrogens is 390 g/mol. The number of hydrogen-bond donors (Lipinski definition) is 2. The largest absolute Gasteiger partial charge is 0.507 e. The summed E-state index contributed by atoms with van der Waals surface area (Å²) in [6.45, 7) is 13.6. The molecule has 0 aromatic heterocycles. The van der Waals surface area contributed by atoms with E-state index in [1.54, 1.807) is 6.07 Å². The van der Waals surface area contributed by atoms with Gasteiger partial charge in [0.1, 0.15) is 5.75 Å². The normalized spacial score (nSPS) is 15.1. The first-order valence-electron chi connectivity index (χ1n) is 10.6. The monoisotopic (exact) mass is 419 g/mol. The van der Waals surface area contributed by atoms with Crippen LogP contribution in [-0.4, -0.2) is 59.8 Å². The van der Waals surface area contributed by atoms with E-state index in [4.69, 9.17) is 6.57 Å². The third kappa shape index (κ3) is 6.64. The number of amides is 1. The number of aryl methyl sites for hydroxylation is 1. The average Bonchev–Trinajstić information content (AvgIpc) is 2.78. The zero-order valence-electron chi connectivity index (χ0n) is 17.9. The van der Waals surface area contributed by atoms with Crippen LogP contribution in [0.25, 0.3) is 4.85 Å². The van der Waals surface area contributed by atoms with Crippen LogP contribution in [-0.2, 0) is 17.8 Å². The van der Waals surface area contributed by atoms with E-state index in [1.807, 2.05) is 36.4 Å². The Bertz CT molecular complexity index is 941. The zero-order chi connectivity index (χ0) is 22.1. The second-order valence-electron chi connectivity index (χ2n) is 7.73. The molecule has 1 aliphatic heterocycles. The lowest BCUT2D eigenvalue weighted by Gasteiger charge is -2.34. The maximum atomic E-state index is 12.2. The van der Waals surface area contributed by atoms with Crippen LogP contribution < -0.4 is 5.43 Å². The molecule has 0 radical (unpaired) electrons. The van der Waals surface area contributed by atoms with Gasteiger partial charge in [-0.15, -0.1) is 0 Å². The summed E-state index contributed by atoms with van der Waals surface area (Å²) in [5, 5.41) is 14.3. The number of aromatic hydroxyl groups is 1. The Morgan fingerprint density at radius 2 is 1.87 bits per heavy atom. The highest BCUT2D eigenvalue weighted by Crippen LogP contribution is 2.22. The predicted octanol–water partition coefficient (Wildman–Crippen LogP) is 3.16. The fraction of sp³-hybridized carbons (Fsp3) is 0.375. The zero-order valence-corrected chi connectivity index (χ0v) is 17.9. The Morgan fingerprint density at radius 1 is 1.16 bits per heavy atom. The highest BCUT2D eigenvalue weighted by molar-refractivity contribution is 5.86. The van der Waals surface area contributed by atoms with Gasteiger partial charge in [-0.1, -0.05) is 49.7 Å². The van der Waals surface area contributed by atoms with Crippen LogP contribution in [0.4, 0.5) is 5.69 Å². The Hall–Kier alpha value is -3.21. The van der Waals surface area contributed by atoms with Gasteiger partial charge in [0.05, 0.1) is 19.3 Å². The number of hydrogen-bond acceptors (Lipinski definition) is 5. The van der Waals surface area contributed by atoms with Gasteiger partial charge in [0, 0.05) is 38.3 Å². The maximum absolute atomic E-state index is 12.2. The number of para-hydroxylation sites is 1. The summed E-state index contributed by atoms with van der Waals surface area (Å²) in [6, 6.07) is 13.3. The Morgan fingerprint density at radius 3 is 2.55 bits per heavy atom. The van der Waals surface area contributed by atoms with E-state index in [0.717, 1.165) is 51.1 Å². The van der Waals surface area contributed by atoms with Crippen LogP contribution in [0.3, 0.4) is 0 Å². The van der Waals surface area contributed by atoms with Crippen molar-refractivity contribution in [3.05, 3.63) is 70.6 Å². The molecule has 162 valence electrons. The number of nitrogens with zero attached hydrogens (tertiary/aromatic N) is 4. The highest BCUT2D eigenvalue weighted by Gasteiger charge is 2.19. The molecule has 2 aromatic rings. The van der Waals surface area contributed by atoms with Crippen LogP contribution in [0.5, 0.6) is 5.75 Å². The molecule has 2 N–H and O–H groups in total. The number of hydrazone groups is 1. The molecule has 0 bridgehead atoms. The molecule has 0 spiro atoms. The van der Waals surface area contributed by atoms with Crippen molar-refractivity contribution < 1.29 is 9.90 Å². The number of phenolic OH excluding ortho intramolecular Hbond substituents is 1. The van der Waals surface area contributed by atoms with Crippen molar-refractivity contribution in [2.24, 2.45) is 5.10 Å². The summed E-state index contributed by atoms with van der Waals surface area (Å²) >= 11 is 0. The van der Waals surface area contributed by atoms with E-state index in [-0.39, 0.29) is 11.7 Å². The van der Waals surface area contributed by atoms with Crippen LogP contribution in [0.2, 0.25) is 0 Å². The van der Waals surface area contributed by atoms with Crippen molar-refractivity contribution in [3.63, 3.8) is 0 Å². The summed E-state index contributed by atoms with van der Waals surface area (Å²) in [6.07, 6.45) is 3.24. The van der Waals surface area contributed by atoms with Gasteiger partial charge in [-0.2, -0.15) is 5.10 Å². The molecule has 1 saturated heterocycles. The van der Waals surface area contributed by atoms with Crippen molar-refractivity contribution in [3.8, 4) is 5.75 Å². The summed E-state index contributed by atoms with van der Waals surface area (Å²) < 4.78 is 0. The third-order valence-corrected chi connectivity index (χ3v) is 5.37. The Balaban J connectivity index is 1.41. The molecule has 1 fully saturated rings. The quantitative estimate of drug-likeness (QED) is 0.392. The van der Waals surface area contributed by atoms with Crippen LogP contribution >= 0.6 is 0 Å². The first-order valence-corrected chi connectivity index (χ1v) is 10.6. The molecule has 1 amide bonds. The number of nitrogens with one attached hydrogen (secondary N) is 1. The van der Waals surface area contributed by atoms with Gasteiger partial charge in [-0.25, -0.2) is 10.3 Å². The summed E-state index contributed by atoms with van der Waals surface area (Å²) in [5.41, 5.74) is 5.90. The second-order valence-corrected chi connectivity index (χ2v) is 7.73. The summed E-state index contributed by atoms with van der Waals surface area (Å²) in [7, 11) is 0. The smallest absolute Gasteiger partial charge is 0.254 e. The number of benzene rings is 2. The minimum absolute atomic E-state index is 0.163. The highest BCUT2D eigenvalue weighted by atomic mass is 16.3. The van der Waals surface area contributed by atoms with Crippen molar-refractivity contribution in [2.75, 3.05) is 32.7 Å². The van der Waals surface area contributed by atoms with E-state index in [0.29, 0.717) is 17.8 Å². The van der Waals surface area contributed by atoms with Gasteiger partial charge in [0.15, 0.2) is 5.69 Å². The summed E-state index contributed by atoms with van der Waals surface area (Å²) in [4.78, 5) is 20.1. The van der Waals surface area contributed by atoms with E-state index in [1.165, 1.54) is 11.8 Å². The van der Waals surface area contributed by atoms with Crippen LogP contribution in [0.1, 0.15) is 30.0 Å². The topological polar surface area (TPSA) is 72.5 Å². The van der Waals surface area contributed by atoms with Crippen molar-refractivity contribution in [1.82, 2.24) is 15.2 Å². The lowest BCUT2D eigenvalue weighted by Crippen LogP contribution is -2.48. The van der Waals surface area contributed by atoms with Crippen molar-refractivity contribution in [1.29, 1.82) is 0 Å². The maximum Gasteiger partial charge on any atom is 0.254 e. The van der Waals surface area contributed by atoms with Gasteiger partial charge < -0.3 is 5.11 Å². The van der Waals surface area contributed by atoms with Gasteiger partial charge in [0.2, 0.25) is 0 Å². The third-order valence-electron chi connectivity index (χ3n) is 5.37. The molecule has 0 atom stereocenters. The lowest BCUT2D eigenvalue weighted by molar-refractivity contribution is -0.122. The number of piperazine rings is 1. The number of carbonyl (C=O) groups is 1. The minimum atomic E-state index is -0.163. The minimum Gasteiger partial charge on any atom is -0.507 e. The SMILES string of the molecule is [C-]#[N+]c1ccc(CN2CCN(CC(=O)N/N=C/c3cccc(CCC)c3O)CC2)cc1. The molecule has 0 aliphatic carbocycles. The van der Waals surface area contributed by atoms with Gasteiger partial charge in [0.25, 0.3) is 5.91 Å². The van der Waals surface area contributed by atoms with Gasteiger partial charge >= 0.3 is 0 Å². The fourth-order valence-electron chi connectivity index (χ4n) is 3.64. The summed E-state index contributed by atoms with van der Waals surface area (Å²) in [5.74, 6) is 0.0610. The molecule has 2 aromatic carbocycles. The average molecular weight is 420 g/mol. The Kier molecular flexibility index (Phi) is 8.16. The van der Waals surface area contributed by atoms with Gasteiger partial charge in [-0.05, 0) is 23.6 Å². The first-order chi connectivity index (χ1) is 15.1. The molecule has 3 rings (SSSR count). The first kappa shape index (κ1) is 22.5. The standard InChI is InChI=1S/C24H29N5O2/c1-3-5-20-6-4-7-21(24(20)31)16-26-27-23(30)18-29-14-12-28(13-15-29)17-19-8-10-22(25-2)11-9-19/h4,6-11,16,31H,3,5,12-15,17-18H2,1H3,(H,27,30)/b26-16+. The molecule has 0 saturated carbocycles. The molecule has 7 heteroatoms. The molecular formula is C24H29N5O2. The number of rotatable bonds is 8. The molecule has 7 nitrogen and oxygen atoms in total. The van der Waals surface area contributed by atoms with Crippen LogP contribution in [0.15, 0.2) is 47.6 Å². The second kappa shape index (κ2) is 11.3. The predicted molar refractivity (Wildman–Crippen MR) is 122 cm³/mol. The van der Waals surface area contributed by atoms with E-state index >= 15 is 0 Å². The molecule has 31 heavy (non-hydrogen) atoms. The van der Waals surface area contributed by atoms with E-state index < -0.39 is 0 Å². The number of phenols is 1. The fourth-order valence-corrected chi connectivity index (χ4v) is 3.64. The van der Waals surface area contributed by atoms with Crippen LogP contribution in [0, 0.1) is 6.57 Å². The lowest BCUT2D eigenvalue weighted by atomic mass is 10.1. The van der Waals surface area contributed by atoms with E-state index in [9.17, 15) is 9.90 Å². The van der Waals surface area contributed by atoms with Crippen molar-refractivity contribution in [2.45, 2.75) is 26.3 Å². The molecule has 0 unspecified atom stereocenters. The van der Waals surface area contributed by atoms with Gasteiger partial charge in [-0.3, -0.25) is 14.6 Å². The molecule has 1 heterocycles. The number of carbonyl (C=O) groups excluding carboxylic acids is 1. The molecule has 1 aliphatic rings. The van der Waals surface area contributed by atoms with E-state index in [2.05, 4.69) is 32.1 Å².